The summed E-state index contributed by atoms with van der Waals surface area (Å²) in [5, 5.41) is 24.2. The van der Waals surface area contributed by atoms with Gasteiger partial charge in [0.15, 0.2) is 0 Å². The lowest BCUT2D eigenvalue weighted by Gasteiger charge is -2.32. The molecule has 0 radical (unpaired) electrons. The normalized spacial score (nSPS) is 14.4. The predicted molar refractivity (Wildman–Crippen MR) is 125 cm³/mol. The second-order valence-electron chi connectivity index (χ2n) is 7.97. The van der Waals surface area contributed by atoms with E-state index in [1.165, 1.54) is 12.1 Å². The number of carboxylic acid groups (broad SMARTS) is 1. The number of pyridine rings is 1. The summed E-state index contributed by atoms with van der Waals surface area (Å²) in [6.07, 6.45) is 10.1. The van der Waals surface area contributed by atoms with Crippen LogP contribution in [0.5, 0.6) is 0 Å². The fourth-order valence-electron chi connectivity index (χ4n) is 3.89. The second kappa shape index (κ2) is 12.2. The first-order chi connectivity index (χ1) is 16.1. The van der Waals surface area contributed by atoms with Crippen molar-refractivity contribution in [3.05, 3.63) is 59.9 Å². The molecule has 0 unspecified atom stereocenters. The number of piperidine rings is 1. The molecule has 33 heavy (non-hydrogen) atoms. The van der Waals surface area contributed by atoms with Crippen molar-refractivity contribution in [3.63, 3.8) is 0 Å². The lowest BCUT2D eigenvalue weighted by atomic mass is 9.91. The van der Waals surface area contributed by atoms with Gasteiger partial charge in [-0.25, -0.2) is 4.79 Å². The molecule has 0 atom stereocenters. The summed E-state index contributed by atoms with van der Waals surface area (Å²) < 4.78 is 0. The smallest absolute Gasteiger partial charge is 0.335 e. The monoisotopic (exact) mass is 448 g/mol. The first kappa shape index (κ1) is 23.7. The van der Waals surface area contributed by atoms with Crippen molar-refractivity contribution in [3.8, 4) is 6.19 Å². The van der Waals surface area contributed by atoms with E-state index >= 15 is 0 Å². The van der Waals surface area contributed by atoms with Gasteiger partial charge in [-0.05, 0) is 55.5 Å². The number of amides is 1. The Bertz CT molecular complexity index is 1010. The zero-order valence-electron chi connectivity index (χ0n) is 18.4. The summed E-state index contributed by atoms with van der Waals surface area (Å²) in [7, 11) is 0. The number of nitrogens with one attached hydrogen (secondary N) is 2. The highest BCUT2D eigenvalue weighted by Gasteiger charge is 2.23. The summed E-state index contributed by atoms with van der Waals surface area (Å²) in [5.74, 6) is -0.160. The molecule has 1 saturated heterocycles. The molecule has 3 rings (SSSR count). The molecule has 2 aromatic rings. The van der Waals surface area contributed by atoms with E-state index in [0.29, 0.717) is 37.1 Å². The molecule has 1 aromatic carbocycles. The third-order valence-corrected chi connectivity index (χ3v) is 5.68. The fraction of sp³-hybridized carbons (Fsp3) is 0.375. The van der Waals surface area contributed by atoms with Gasteiger partial charge in [0.05, 0.1) is 17.4 Å². The van der Waals surface area contributed by atoms with Gasteiger partial charge in [-0.2, -0.15) is 5.26 Å². The highest BCUT2D eigenvalue weighted by molar-refractivity contribution is 5.97. The molecule has 2 heterocycles. The Labute approximate surface area is 193 Å². The summed E-state index contributed by atoms with van der Waals surface area (Å²) >= 11 is 0. The number of nitrogens with zero attached hydrogens (tertiary/aromatic N) is 4. The number of unbranched alkanes of at least 4 members (excludes halogenated alkanes) is 1. The zero-order chi connectivity index (χ0) is 23.5. The summed E-state index contributed by atoms with van der Waals surface area (Å²) in [4.78, 5) is 33.5. The average Bonchev–Trinajstić information content (AvgIpc) is 2.84. The van der Waals surface area contributed by atoms with Gasteiger partial charge in [0, 0.05) is 31.4 Å². The molecule has 1 aliphatic rings. The third kappa shape index (κ3) is 7.31. The zero-order valence-corrected chi connectivity index (χ0v) is 18.4. The predicted octanol–water partition coefficient (Wildman–Crippen LogP) is 3.34. The Morgan fingerprint density at radius 2 is 1.97 bits per heavy atom. The molecule has 0 spiro atoms. The van der Waals surface area contributed by atoms with E-state index in [0.717, 1.165) is 37.8 Å². The van der Waals surface area contributed by atoms with Crippen LogP contribution in [-0.4, -0.2) is 52.5 Å². The quantitative estimate of drug-likeness (QED) is 0.244. The van der Waals surface area contributed by atoms with Crippen molar-refractivity contribution >= 4 is 23.5 Å². The Balaban J connectivity index is 1.35. The molecular weight excluding hydrogens is 420 g/mol. The number of hydrogen-bond acceptors (Lipinski definition) is 5. The maximum absolute atomic E-state index is 12.7. The van der Waals surface area contributed by atoms with Crippen molar-refractivity contribution in [2.45, 2.75) is 32.1 Å². The molecule has 1 amide bonds. The molecule has 1 fully saturated rings. The van der Waals surface area contributed by atoms with Crippen LogP contribution in [0.1, 0.15) is 52.8 Å². The number of carbonyl (C=O) groups is 2. The van der Waals surface area contributed by atoms with Crippen molar-refractivity contribution in [2.24, 2.45) is 10.9 Å². The maximum atomic E-state index is 12.7. The van der Waals surface area contributed by atoms with Gasteiger partial charge in [0.25, 0.3) is 5.91 Å². The van der Waals surface area contributed by atoms with Crippen LogP contribution in [0.4, 0.5) is 5.69 Å². The van der Waals surface area contributed by atoms with Gasteiger partial charge in [0.2, 0.25) is 12.2 Å². The Kier molecular flexibility index (Phi) is 8.77. The van der Waals surface area contributed by atoms with Gasteiger partial charge < -0.3 is 20.6 Å². The standard InChI is InChI=1S/C24H28N6O3/c25-17-28-24(29-21-8-4-11-26-16-21)27-12-2-1-5-18-9-13-30(14-10-18)22(31)19-6-3-7-20(15-19)23(32)33/h3-4,6-8,11,15-16,18H,1-2,5,9-10,12-14H2,(H,32,33)(H2,27,28,29). The number of carboxylic acids is 1. The summed E-state index contributed by atoms with van der Waals surface area (Å²) in [6.45, 7) is 2.07. The van der Waals surface area contributed by atoms with Crippen LogP contribution in [0.3, 0.4) is 0 Å². The number of benzene rings is 1. The largest absolute Gasteiger partial charge is 0.478 e. The molecule has 3 N–H and O–H groups in total. The number of rotatable bonds is 8. The molecule has 0 bridgehead atoms. The molecule has 0 saturated carbocycles. The molecule has 0 aliphatic carbocycles. The van der Waals surface area contributed by atoms with E-state index in [1.807, 2.05) is 11.0 Å². The van der Waals surface area contributed by atoms with Crippen LogP contribution >= 0.6 is 0 Å². The van der Waals surface area contributed by atoms with Crippen molar-refractivity contribution in [1.82, 2.24) is 15.2 Å². The fourth-order valence-corrected chi connectivity index (χ4v) is 3.89. The minimum absolute atomic E-state index is 0.105. The number of anilines is 1. The highest BCUT2D eigenvalue weighted by Crippen LogP contribution is 2.24. The molecule has 1 aromatic heterocycles. The summed E-state index contributed by atoms with van der Waals surface area (Å²) in [6, 6.07) is 9.86. The number of hydrogen-bond donors (Lipinski definition) is 3. The molecular formula is C24H28N6O3. The number of guanidine groups is 1. The third-order valence-electron chi connectivity index (χ3n) is 5.68. The van der Waals surface area contributed by atoms with Gasteiger partial charge in [-0.15, -0.1) is 4.99 Å². The van der Waals surface area contributed by atoms with Gasteiger partial charge in [0.1, 0.15) is 0 Å². The minimum atomic E-state index is -1.03. The van der Waals surface area contributed by atoms with Crippen LogP contribution in [0.2, 0.25) is 0 Å². The maximum Gasteiger partial charge on any atom is 0.335 e. The van der Waals surface area contributed by atoms with Crippen LogP contribution in [0, 0.1) is 17.4 Å². The number of aliphatic imine (C=N–C) groups is 1. The number of aromatic nitrogens is 1. The average molecular weight is 449 g/mol. The van der Waals surface area contributed by atoms with Crippen LogP contribution in [-0.2, 0) is 0 Å². The lowest BCUT2D eigenvalue weighted by molar-refractivity contribution is 0.0685. The van der Waals surface area contributed by atoms with Gasteiger partial charge in [-0.1, -0.05) is 18.9 Å². The molecule has 9 heteroatoms. The first-order valence-electron chi connectivity index (χ1n) is 11.1. The SMILES string of the molecule is N#C/N=C(\NCCCCC1CCN(C(=O)c2cccc(C(=O)O)c2)CC1)Nc1cccnc1. The second-order valence-corrected chi connectivity index (χ2v) is 7.97. The Morgan fingerprint density at radius 1 is 1.18 bits per heavy atom. The Hall–Kier alpha value is -3.93. The Morgan fingerprint density at radius 3 is 2.67 bits per heavy atom. The number of nitriles is 1. The van der Waals surface area contributed by atoms with Crippen molar-refractivity contribution in [2.75, 3.05) is 25.0 Å². The first-order valence-corrected chi connectivity index (χ1v) is 11.1. The van der Waals surface area contributed by atoms with E-state index in [-0.39, 0.29) is 11.5 Å². The lowest BCUT2D eigenvalue weighted by Crippen LogP contribution is -2.38. The number of likely N-dealkylation sites (tertiary alicyclic amines) is 1. The molecule has 172 valence electrons. The van der Waals surface area contributed by atoms with E-state index < -0.39 is 5.97 Å². The highest BCUT2D eigenvalue weighted by atomic mass is 16.4. The topological polar surface area (TPSA) is 131 Å². The van der Waals surface area contributed by atoms with Crippen molar-refractivity contribution < 1.29 is 14.7 Å². The van der Waals surface area contributed by atoms with Crippen LogP contribution < -0.4 is 10.6 Å². The molecule has 9 nitrogen and oxygen atoms in total. The van der Waals surface area contributed by atoms with Gasteiger partial charge in [-0.3, -0.25) is 9.78 Å². The minimum Gasteiger partial charge on any atom is -0.478 e. The molecule has 1 aliphatic heterocycles. The van der Waals surface area contributed by atoms with Crippen LogP contribution in [0.15, 0.2) is 53.8 Å². The van der Waals surface area contributed by atoms with E-state index in [9.17, 15) is 9.59 Å². The van der Waals surface area contributed by atoms with E-state index in [2.05, 4.69) is 20.6 Å². The summed E-state index contributed by atoms with van der Waals surface area (Å²) in [5.41, 5.74) is 1.31. The van der Waals surface area contributed by atoms with E-state index in [1.54, 1.807) is 36.8 Å². The van der Waals surface area contributed by atoms with E-state index in [4.69, 9.17) is 10.4 Å². The number of aromatic carboxylic acids is 1. The van der Waals surface area contributed by atoms with Crippen LogP contribution in [0.25, 0.3) is 0 Å². The number of carbonyl (C=O) groups excluding carboxylic acids is 1. The van der Waals surface area contributed by atoms with Crippen molar-refractivity contribution in [1.29, 1.82) is 5.26 Å². The van der Waals surface area contributed by atoms with Gasteiger partial charge >= 0.3 is 5.97 Å².